The van der Waals surface area contributed by atoms with Crippen LogP contribution in [0.2, 0.25) is 0 Å². The second-order valence-corrected chi connectivity index (χ2v) is 4.76. The molecule has 17 heavy (non-hydrogen) atoms. The van der Waals surface area contributed by atoms with Gasteiger partial charge in [-0.1, -0.05) is 24.3 Å². The van der Waals surface area contributed by atoms with E-state index in [2.05, 4.69) is 55.3 Å². The molecule has 0 atom stereocenters. The van der Waals surface area contributed by atoms with Crippen molar-refractivity contribution >= 4 is 5.57 Å². The van der Waals surface area contributed by atoms with E-state index in [-0.39, 0.29) is 0 Å². The fourth-order valence-electron chi connectivity index (χ4n) is 2.43. The van der Waals surface area contributed by atoms with Crippen LogP contribution in [0, 0.1) is 6.92 Å². The first-order valence-corrected chi connectivity index (χ1v) is 6.39. The van der Waals surface area contributed by atoms with Crippen molar-refractivity contribution < 1.29 is 0 Å². The minimum absolute atomic E-state index is 1.10. The van der Waals surface area contributed by atoms with E-state index in [0.29, 0.717) is 0 Å². The largest absolute Gasteiger partial charge is 0.372 e. The van der Waals surface area contributed by atoms with Crippen molar-refractivity contribution in [3.63, 3.8) is 0 Å². The highest BCUT2D eigenvalue weighted by molar-refractivity contribution is 5.68. The summed E-state index contributed by atoms with van der Waals surface area (Å²) < 4.78 is 0. The fourth-order valence-corrected chi connectivity index (χ4v) is 2.43. The summed E-state index contributed by atoms with van der Waals surface area (Å²) in [6.45, 7) is 11.1. The summed E-state index contributed by atoms with van der Waals surface area (Å²) in [5.74, 6) is 0. The molecule has 1 saturated heterocycles. The standard InChI is InChI=1S/C15H22N2/c1-12-6-4-5-7-15(12)13(2)14(3)17-10-8-16-9-11-17/h4-7,16H,8-11H2,1-3H3/b14-13+. The molecule has 1 aromatic rings. The van der Waals surface area contributed by atoms with Crippen molar-refractivity contribution in [1.82, 2.24) is 10.2 Å². The highest BCUT2D eigenvalue weighted by atomic mass is 15.2. The summed E-state index contributed by atoms with van der Waals surface area (Å²) >= 11 is 0. The molecule has 1 fully saturated rings. The number of nitrogens with zero attached hydrogens (tertiary/aromatic N) is 1. The molecule has 0 spiro atoms. The summed E-state index contributed by atoms with van der Waals surface area (Å²) in [7, 11) is 0. The minimum Gasteiger partial charge on any atom is -0.372 e. The monoisotopic (exact) mass is 230 g/mol. The van der Waals surface area contributed by atoms with Crippen LogP contribution in [0.4, 0.5) is 0 Å². The van der Waals surface area contributed by atoms with E-state index >= 15 is 0 Å². The number of nitrogens with one attached hydrogen (secondary N) is 1. The average Bonchev–Trinajstić information content (AvgIpc) is 2.39. The van der Waals surface area contributed by atoms with Gasteiger partial charge in [-0.2, -0.15) is 0 Å². The van der Waals surface area contributed by atoms with Gasteiger partial charge >= 0.3 is 0 Å². The third-order valence-electron chi connectivity index (χ3n) is 3.68. The lowest BCUT2D eigenvalue weighted by atomic mass is 10.00. The molecule has 0 amide bonds. The van der Waals surface area contributed by atoms with Crippen LogP contribution in [-0.2, 0) is 0 Å². The Labute approximate surface area is 104 Å². The molecule has 0 saturated carbocycles. The van der Waals surface area contributed by atoms with E-state index in [0.717, 1.165) is 26.2 Å². The van der Waals surface area contributed by atoms with Gasteiger partial charge in [-0.15, -0.1) is 0 Å². The predicted molar refractivity (Wildman–Crippen MR) is 73.9 cm³/mol. The molecule has 92 valence electrons. The number of allylic oxidation sites excluding steroid dienone is 2. The molecule has 0 aromatic heterocycles. The van der Waals surface area contributed by atoms with Gasteiger partial charge in [0.1, 0.15) is 0 Å². The van der Waals surface area contributed by atoms with E-state index in [1.54, 1.807) is 0 Å². The molecule has 0 aliphatic carbocycles. The van der Waals surface area contributed by atoms with Crippen molar-refractivity contribution in [3.8, 4) is 0 Å². The Morgan fingerprint density at radius 2 is 1.76 bits per heavy atom. The Morgan fingerprint density at radius 1 is 1.12 bits per heavy atom. The maximum absolute atomic E-state index is 3.40. The number of aryl methyl sites for hydroxylation is 1. The third-order valence-corrected chi connectivity index (χ3v) is 3.68. The van der Waals surface area contributed by atoms with Crippen LogP contribution >= 0.6 is 0 Å². The van der Waals surface area contributed by atoms with Gasteiger partial charge in [0.15, 0.2) is 0 Å². The third kappa shape index (κ3) is 2.70. The Balaban J connectivity index is 2.27. The second kappa shape index (κ2) is 5.37. The fraction of sp³-hybridized carbons (Fsp3) is 0.467. The molecule has 1 aliphatic rings. The lowest BCUT2D eigenvalue weighted by Gasteiger charge is -2.31. The maximum atomic E-state index is 3.40. The molecule has 2 nitrogen and oxygen atoms in total. The predicted octanol–water partition coefficient (Wildman–Crippen LogP) is 2.65. The number of hydrogen-bond donors (Lipinski definition) is 1. The Kier molecular flexibility index (Phi) is 3.85. The molecule has 1 heterocycles. The first-order valence-electron chi connectivity index (χ1n) is 6.39. The number of hydrogen-bond acceptors (Lipinski definition) is 2. The molecule has 0 bridgehead atoms. The zero-order chi connectivity index (χ0) is 12.3. The van der Waals surface area contributed by atoms with Crippen LogP contribution in [-0.4, -0.2) is 31.1 Å². The number of benzene rings is 1. The smallest absolute Gasteiger partial charge is 0.0300 e. The Morgan fingerprint density at radius 3 is 2.41 bits per heavy atom. The summed E-state index contributed by atoms with van der Waals surface area (Å²) in [6, 6.07) is 8.63. The topological polar surface area (TPSA) is 15.3 Å². The van der Waals surface area contributed by atoms with Crippen LogP contribution in [0.15, 0.2) is 30.0 Å². The molecule has 2 rings (SSSR count). The molecular weight excluding hydrogens is 208 g/mol. The molecular formula is C15H22N2. The van der Waals surface area contributed by atoms with Gasteiger partial charge in [-0.25, -0.2) is 0 Å². The van der Waals surface area contributed by atoms with Crippen molar-refractivity contribution in [2.75, 3.05) is 26.2 Å². The van der Waals surface area contributed by atoms with Gasteiger partial charge in [-0.05, 0) is 37.5 Å². The zero-order valence-corrected chi connectivity index (χ0v) is 11.1. The highest BCUT2D eigenvalue weighted by Crippen LogP contribution is 2.23. The zero-order valence-electron chi connectivity index (χ0n) is 11.1. The van der Waals surface area contributed by atoms with Gasteiger partial charge < -0.3 is 10.2 Å². The normalized spacial score (nSPS) is 17.9. The van der Waals surface area contributed by atoms with Crippen molar-refractivity contribution in [2.24, 2.45) is 0 Å². The maximum Gasteiger partial charge on any atom is 0.0300 e. The first-order chi connectivity index (χ1) is 8.20. The van der Waals surface area contributed by atoms with Gasteiger partial charge in [0, 0.05) is 31.9 Å². The van der Waals surface area contributed by atoms with Crippen LogP contribution in [0.3, 0.4) is 0 Å². The molecule has 2 heteroatoms. The van der Waals surface area contributed by atoms with Gasteiger partial charge in [0.25, 0.3) is 0 Å². The van der Waals surface area contributed by atoms with Crippen LogP contribution in [0.25, 0.3) is 5.57 Å². The van der Waals surface area contributed by atoms with E-state index < -0.39 is 0 Å². The molecule has 0 radical (unpaired) electrons. The van der Waals surface area contributed by atoms with Crippen molar-refractivity contribution in [1.29, 1.82) is 0 Å². The molecule has 0 unspecified atom stereocenters. The Bertz CT molecular complexity index is 415. The quantitative estimate of drug-likeness (QED) is 0.840. The lowest BCUT2D eigenvalue weighted by Crippen LogP contribution is -2.42. The SMILES string of the molecule is C/C(=C(/C)N1CCNCC1)c1ccccc1C. The summed E-state index contributed by atoms with van der Waals surface area (Å²) in [5.41, 5.74) is 5.56. The first kappa shape index (κ1) is 12.2. The van der Waals surface area contributed by atoms with Gasteiger partial charge in [0.2, 0.25) is 0 Å². The van der Waals surface area contributed by atoms with Crippen molar-refractivity contribution in [2.45, 2.75) is 20.8 Å². The summed E-state index contributed by atoms with van der Waals surface area (Å²) in [5, 5.41) is 3.40. The lowest BCUT2D eigenvalue weighted by molar-refractivity contribution is 0.301. The summed E-state index contributed by atoms with van der Waals surface area (Å²) in [4.78, 5) is 2.48. The van der Waals surface area contributed by atoms with Crippen molar-refractivity contribution in [3.05, 3.63) is 41.1 Å². The number of rotatable bonds is 2. The van der Waals surface area contributed by atoms with E-state index in [9.17, 15) is 0 Å². The molecule has 1 aliphatic heterocycles. The van der Waals surface area contributed by atoms with Crippen LogP contribution in [0.5, 0.6) is 0 Å². The van der Waals surface area contributed by atoms with E-state index in [1.807, 2.05) is 0 Å². The number of piperazine rings is 1. The highest BCUT2D eigenvalue weighted by Gasteiger charge is 2.12. The average molecular weight is 230 g/mol. The van der Waals surface area contributed by atoms with E-state index in [1.165, 1.54) is 22.4 Å². The van der Waals surface area contributed by atoms with Gasteiger partial charge in [0.05, 0.1) is 0 Å². The van der Waals surface area contributed by atoms with Crippen LogP contribution in [0.1, 0.15) is 25.0 Å². The minimum atomic E-state index is 1.10. The Hall–Kier alpha value is -1.28. The van der Waals surface area contributed by atoms with E-state index in [4.69, 9.17) is 0 Å². The molecule has 1 aromatic carbocycles. The summed E-state index contributed by atoms with van der Waals surface area (Å²) in [6.07, 6.45) is 0. The van der Waals surface area contributed by atoms with Crippen LogP contribution < -0.4 is 5.32 Å². The molecule has 1 N–H and O–H groups in total. The van der Waals surface area contributed by atoms with Gasteiger partial charge in [-0.3, -0.25) is 0 Å². The second-order valence-electron chi connectivity index (χ2n) is 4.76.